The summed E-state index contributed by atoms with van der Waals surface area (Å²) < 4.78 is 7.34. The van der Waals surface area contributed by atoms with Crippen molar-refractivity contribution in [2.45, 2.75) is 58.4 Å². The molecular weight excluding hydrogens is 953 g/mol. The molecule has 0 saturated carbocycles. The molecule has 74 heavy (non-hydrogen) atoms. The van der Waals surface area contributed by atoms with Crippen molar-refractivity contribution in [1.82, 2.24) is 25.1 Å². The van der Waals surface area contributed by atoms with Gasteiger partial charge in [-0.05, 0) is 148 Å². The summed E-state index contributed by atoms with van der Waals surface area (Å²) in [7, 11) is 1.84. The summed E-state index contributed by atoms with van der Waals surface area (Å²) in [6, 6.07) is 29.1. The number of ether oxygens (including phenoxy) is 1. The molecule has 10 rings (SSSR count). The number of nitrogens with one attached hydrogen (secondary N) is 4. The van der Waals surface area contributed by atoms with Crippen LogP contribution in [0.5, 0.6) is 5.75 Å². The number of nitrogens with zero attached hydrogens (tertiary/aromatic N) is 6. The Morgan fingerprint density at radius 2 is 1.64 bits per heavy atom. The fourth-order valence-electron chi connectivity index (χ4n) is 11.0. The molecule has 4 aliphatic rings. The van der Waals surface area contributed by atoms with Gasteiger partial charge in [0.15, 0.2) is 10.8 Å². The van der Waals surface area contributed by atoms with Crippen LogP contribution in [0.15, 0.2) is 91.0 Å². The van der Waals surface area contributed by atoms with Crippen LogP contribution < -0.4 is 30.5 Å². The third-order valence-corrected chi connectivity index (χ3v) is 16.2. The molecule has 3 fully saturated rings. The Balaban J connectivity index is 0.669. The number of carboxylic acids is 1. The summed E-state index contributed by atoms with van der Waals surface area (Å²) in [5, 5.41) is 28.4. The Kier molecular flexibility index (Phi) is 15.3. The number of imide groups is 1. The average molecular weight is 1020 g/mol. The first-order chi connectivity index (χ1) is 36.0. The van der Waals surface area contributed by atoms with Crippen LogP contribution in [-0.4, -0.2) is 127 Å². The SMILES string of the molecule is CNc1cc(N2CCN(CC3CCN(CCCCOc4cccc(-c5ccc(N6CCc7cccc(C(=O)Nc8nc9ccccc9s8)c7C6)nc5C(=O)O)c4C)CC3)CC2)ccc1C(=N)C1CCC(=O)NC1=O. The number of carbonyl (C=O) groups excluding carboxylic acids is 3. The van der Waals surface area contributed by atoms with E-state index in [1.54, 1.807) is 0 Å². The topological polar surface area (TPSA) is 196 Å². The number of piperidine rings is 2. The number of anilines is 4. The Morgan fingerprint density at radius 1 is 0.824 bits per heavy atom. The maximum absolute atomic E-state index is 13.6. The predicted molar refractivity (Wildman–Crippen MR) is 291 cm³/mol. The molecule has 1 atom stereocenters. The third-order valence-electron chi connectivity index (χ3n) is 15.3. The standard InChI is InChI=1S/C57H64N10O6S/c1-36-40(41-17-19-50(61-53(41)56(71)72)67-27-23-38-9-7-11-42(45(38)35-67)54(69)63-57-60-46-12-3-4-14-49(46)74-57)10-8-13-48(36)73-32-6-5-24-64-25-21-37(22-26-64)34-65-28-30-66(31-29-65)39-15-16-43(47(33-39)59-2)52(58)44-18-20-51(68)62-55(44)70/h3-4,7-17,19,33,37,44,58-59H,5-6,18,20-32,34-35H2,1-2H3,(H,71,72)(H,60,63,69)(H,62,68,70). The lowest BCUT2D eigenvalue weighted by atomic mass is 9.88. The van der Waals surface area contributed by atoms with Gasteiger partial charge in [-0.2, -0.15) is 0 Å². The second-order valence-electron chi connectivity index (χ2n) is 19.9. The zero-order valence-electron chi connectivity index (χ0n) is 42.1. The van der Waals surface area contributed by atoms with Gasteiger partial charge in [0.2, 0.25) is 11.8 Å². The highest BCUT2D eigenvalue weighted by Gasteiger charge is 2.32. The summed E-state index contributed by atoms with van der Waals surface area (Å²) in [5.74, 6) is -0.665. The minimum Gasteiger partial charge on any atom is -0.493 e. The van der Waals surface area contributed by atoms with Crippen LogP contribution in [-0.2, 0) is 22.6 Å². The van der Waals surface area contributed by atoms with E-state index in [1.807, 2.05) is 104 Å². The predicted octanol–water partition coefficient (Wildman–Crippen LogP) is 8.34. The maximum Gasteiger partial charge on any atom is 0.355 e. The van der Waals surface area contributed by atoms with Crippen molar-refractivity contribution in [3.63, 3.8) is 0 Å². The van der Waals surface area contributed by atoms with Crippen molar-refractivity contribution in [1.29, 1.82) is 5.41 Å². The number of aromatic nitrogens is 2. The van der Waals surface area contributed by atoms with Gasteiger partial charge in [0, 0.05) is 87.3 Å². The molecule has 5 N–H and O–H groups in total. The zero-order valence-corrected chi connectivity index (χ0v) is 42.9. The number of aromatic carboxylic acids is 1. The van der Waals surface area contributed by atoms with Crippen molar-refractivity contribution in [2.24, 2.45) is 11.8 Å². The Hall–Kier alpha value is -7.21. The molecule has 0 bridgehead atoms. The average Bonchev–Trinajstić information content (AvgIpc) is 3.83. The lowest BCUT2D eigenvalue weighted by Crippen LogP contribution is -2.49. The fourth-order valence-corrected chi connectivity index (χ4v) is 11.9. The van der Waals surface area contributed by atoms with E-state index in [0.29, 0.717) is 66.1 Å². The second-order valence-corrected chi connectivity index (χ2v) is 20.9. The van der Waals surface area contributed by atoms with Gasteiger partial charge >= 0.3 is 5.97 Å². The molecule has 4 aliphatic heterocycles. The molecule has 4 aromatic carbocycles. The quantitative estimate of drug-likeness (QED) is 0.0333. The van der Waals surface area contributed by atoms with E-state index in [4.69, 9.17) is 15.1 Å². The number of carboxylic acid groups (broad SMARTS) is 1. The summed E-state index contributed by atoms with van der Waals surface area (Å²) in [4.78, 5) is 69.5. The monoisotopic (exact) mass is 1020 g/mol. The summed E-state index contributed by atoms with van der Waals surface area (Å²) in [6.07, 6.45) is 5.64. The van der Waals surface area contributed by atoms with E-state index in [-0.39, 0.29) is 35.5 Å². The van der Waals surface area contributed by atoms with E-state index in [0.717, 1.165) is 115 Å². The van der Waals surface area contributed by atoms with E-state index >= 15 is 0 Å². The number of fused-ring (bicyclic) bond motifs is 2. The van der Waals surface area contributed by atoms with Crippen LogP contribution in [0.1, 0.15) is 81.6 Å². The Labute approximate surface area is 435 Å². The van der Waals surface area contributed by atoms with Gasteiger partial charge < -0.3 is 35.3 Å². The summed E-state index contributed by atoms with van der Waals surface area (Å²) >= 11 is 1.43. The first kappa shape index (κ1) is 50.3. The summed E-state index contributed by atoms with van der Waals surface area (Å²) in [5.41, 5.74) is 8.37. The molecule has 1 unspecified atom stereocenters. The van der Waals surface area contributed by atoms with Crippen LogP contribution in [0.25, 0.3) is 21.3 Å². The lowest BCUT2D eigenvalue weighted by Gasteiger charge is -2.39. The van der Waals surface area contributed by atoms with Gasteiger partial charge in [-0.1, -0.05) is 47.7 Å². The van der Waals surface area contributed by atoms with Gasteiger partial charge in [-0.3, -0.25) is 29.9 Å². The number of likely N-dealkylation sites (tertiary alicyclic amines) is 1. The van der Waals surface area contributed by atoms with Crippen molar-refractivity contribution < 1.29 is 29.0 Å². The van der Waals surface area contributed by atoms with E-state index < -0.39 is 11.9 Å². The first-order valence-electron chi connectivity index (χ1n) is 25.9. The van der Waals surface area contributed by atoms with Gasteiger partial charge in [-0.15, -0.1) is 0 Å². The highest BCUT2D eigenvalue weighted by Crippen LogP contribution is 2.36. The zero-order chi connectivity index (χ0) is 51.3. The van der Waals surface area contributed by atoms with E-state index in [9.17, 15) is 24.3 Å². The molecule has 17 heteroatoms. The van der Waals surface area contributed by atoms with Crippen LogP contribution in [0, 0.1) is 24.2 Å². The number of unbranched alkanes of at least 4 members (excludes halogenated alkanes) is 1. The van der Waals surface area contributed by atoms with Gasteiger partial charge in [0.05, 0.1) is 28.5 Å². The molecule has 6 heterocycles. The molecule has 0 spiro atoms. The van der Waals surface area contributed by atoms with Gasteiger partial charge in [0.25, 0.3) is 5.91 Å². The smallest absolute Gasteiger partial charge is 0.355 e. The largest absolute Gasteiger partial charge is 0.493 e. The van der Waals surface area contributed by atoms with Crippen LogP contribution in [0.3, 0.4) is 0 Å². The first-order valence-corrected chi connectivity index (χ1v) is 26.7. The number of pyridine rings is 1. The van der Waals surface area contributed by atoms with Crippen LogP contribution in [0.2, 0.25) is 0 Å². The number of benzene rings is 4. The van der Waals surface area contributed by atoms with E-state index in [2.05, 4.69) is 41.7 Å². The summed E-state index contributed by atoms with van der Waals surface area (Å²) in [6.45, 7) is 11.8. The number of carbonyl (C=O) groups is 4. The number of thiazole rings is 1. The Morgan fingerprint density at radius 3 is 2.42 bits per heavy atom. The van der Waals surface area contributed by atoms with Gasteiger partial charge in [-0.25, -0.2) is 14.8 Å². The van der Waals surface area contributed by atoms with Crippen LogP contribution >= 0.6 is 11.3 Å². The van der Waals surface area contributed by atoms with Gasteiger partial charge in [0.1, 0.15) is 11.6 Å². The minimum atomic E-state index is -1.11. The number of hydrogen-bond acceptors (Lipinski definition) is 14. The number of hydrogen-bond donors (Lipinski definition) is 5. The normalized spacial score (nSPS) is 17.7. The second kappa shape index (κ2) is 22.5. The maximum atomic E-state index is 13.6. The molecule has 3 saturated heterocycles. The number of para-hydroxylation sites is 1. The molecular formula is C57H64N10O6S. The fraction of sp³-hybridized carbons (Fsp3) is 0.386. The van der Waals surface area contributed by atoms with Crippen LogP contribution in [0.4, 0.5) is 22.3 Å². The number of rotatable bonds is 17. The molecule has 3 amide bonds. The molecule has 6 aromatic rings. The van der Waals surface area contributed by atoms with Crippen molar-refractivity contribution in [3.05, 3.63) is 125 Å². The highest BCUT2D eigenvalue weighted by molar-refractivity contribution is 7.22. The highest BCUT2D eigenvalue weighted by atomic mass is 32.1. The molecule has 0 radical (unpaired) electrons. The third kappa shape index (κ3) is 11.1. The Bertz CT molecular complexity index is 3060. The van der Waals surface area contributed by atoms with Crippen molar-refractivity contribution >= 4 is 73.3 Å². The number of piperazine rings is 1. The molecule has 16 nitrogen and oxygen atoms in total. The van der Waals surface area contributed by atoms with Crippen molar-refractivity contribution in [2.75, 3.05) is 93.0 Å². The number of amides is 3. The van der Waals surface area contributed by atoms with E-state index in [1.165, 1.54) is 24.2 Å². The minimum absolute atomic E-state index is 0.0294. The molecule has 0 aliphatic carbocycles. The lowest BCUT2D eigenvalue weighted by molar-refractivity contribution is -0.134. The molecule has 2 aromatic heterocycles. The molecule has 384 valence electrons. The van der Waals surface area contributed by atoms with Crippen molar-refractivity contribution in [3.8, 4) is 16.9 Å².